The molecule has 0 saturated heterocycles. The van der Waals surface area contributed by atoms with Crippen LogP contribution in [0.4, 0.5) is 13.2 Å². The maximum atomic E-state index is 12.5. The summed E-state index contributed by atoms with van der Waals surface area (Å²) in [4.78, 5) is 0. The molecule has 4 heteroatoms. The van der Waals surface area contributed by atoms with E-state index in [0.717, 1.165) is 18.4 Å². The molecule has 0 radical (unpaired) electrons. The molecule has 0 N–H and O–H groups in total. The quantitative estimate of drug-likeness (QED) is 0.435. The molecule has 0 amide bonds. The van der Waals surface area contributed by atoms with E-state index in [2.05, 4.69) is 6.92 Å². The van der Waals surface area contributed by atoms with Gasteiger partial charge in [0.05, 0.1) is 12.5 Å². The third-order valence-corrected chi connectivity index (χ3v) is 6.86. The largest absolute Gasteiger partial charge is 0.393 e. The fourth-order valence-corrected chi connectivity index (χ4v) is 5.18. The molecule has 28 heavy (non-hydrogen) atoms. The van der Waals surface area contributed by atoms with E-state index in [1.54, 1.807) is 12.1 Å². The molecular formula is C24H35F3O. The first-order valence-corrected chi connectivity index (χ1v) is 11.2. The van der Waals surface area contributed by atoms with Crippen LogP contribution in [-0.4, -0.2) is 18.9 Å². The van der Waals surface area contributed by atoms with Crippen LogP contribution < -0.4 is 0 Å². The minimum atomic E-state index is -4.13. The van der Waals surface area contributed by atoms with E-state index in [1.165, 1.54) is 69.8 Å². The molecule has 0 aromatic heterocycles. The summed E-state index contributed by atoms with van der Waals surface area (Å²) < 4.78 is 43.5. The van der Waals surface area contributed by atoms with E-state index in [4.69, 9.17) is 4.74 Å². The fraction of sp³-hybridized carbons (Fsp3) is 0.750. The molecule has 1 aromatic carbocycles. The molecule has 0 aliphatic heterocycles. The van der Waals surface area contributed by atoms with Crippen molar-refractivity contribution in [2.24, 2.45) is 11.8 Å². The summed E-state index contributed by atoms with van der Waals surface area (Å²) in [6, 6.07) is 7.17. The Balaban J connectivity index is 1.41. The second-order valence-corrected chi connectivity index (χ2v) is 8.91. The topological polar surface area (TPSA) is 9.23 Å². The van der Waals surface area contributed by atoms with Gasteiger partial charge in [0.2, 0.25) is 0 Å². The molecule has 0 atom stereocenters. The lowest BCUT2D eigenvalue weighted by Gasteiger charge is -2.38. The minimum Gasteiger partial charge on any atom is -0.378 e. The zero-order chi connectivity index (χ0) is 20.0. The van der Waals surface area contributed by atoms with Gasteiger partial charge in [-0.1, -0.05) is 37.6 Å². The zero-order valence-corrected chi connectivity index (χ0v) is 17.1. The van der Waals surface area contributed by atoms with Crippen molar-refractivity contribution < 1.29 is 17.9 Å². The number of alkyl halides is 3. The van der Waals surface area contributed by atoms with Gasteiger partial charge in [-0.05, 0) is 86.7 Å². The predicted octanol–water partition coefficient (Wildman–Crippen LogP) is 7.44. The molecule has 0 heterocycles. The average Bonchev–Trinajstić information content (AvgIpc) is 2.68. The summed E-state index contributed by atoms with van der Waals surface area (Å²) in [6.07, 6.45) is 7.82. The van der Waals surface area contributed by atoms with Crippen LogP contribution in [0.5, 0.6) is 0 Å². The van der Waals surface area contributed by atoms with Crippen LogP contribution in [0.25, 0.3) is 0 Å². The van der Waals surface area contributed by atoms with E-state index in [-0.39, 0.29) is 0 Å². The summed E-state index contributed by atoms with van der Waals surface area (Å²) in [5, 5.41) is 0. The van der Waals surface area contributed by atoms with Gasteiger partial charge in [-0.15, -0.1) is 0 Å². The molecule has 0 unspecified atom stereocenters. The second-order valence-electron chi connectivity index (χ2n) is 8.91. The van der Waals surface area contributed by atoms with Crippen LogP contribution in [0.3, 0.4) is 0 Å². The van der Waals surface area contributed by atoms with Gasteiger partial charge in [0.15, 0.2) is 0 Å². The van der Waals surface area contributed by atoms with Crippen molar-refractivity contribution in [2.75, 3.05) is 6.61 Å². The number of halogens is 3. The van der Waals surface area contributed by atoms with Crippen molar-refractivity contribution in [3.05, 3.63) is 35.4 Å². The van der Waals surface area contributed by atoms with Gasteiger partial charge in [0, 0.05) is 6.61 Å². The van der Waals surface area contributed by atoms with Gasteiger partial charge < -0.3 is 4.74 Å². The third kappa shape index (κ3) is 6.50. The second kappa shape index (κ2) is 10.1. The Morgan fingerprint density at radius 1 is 0.857 bits per heavy atom. The molecule has 2 fully saturated rings. The lowest BCUT2D eigenvalue weighted by molar-refractivity contribution is -0.127. The molecule has 2 saturated carbocycles. The summed E-state index contributed by atoms with van der Waals surface area (Å²) >= 11 is 0. The number of hydrogen-bond acceptors (Lipinski definition) is 1. The Hall–Kier alpha value is -1.03. The number of benzene rings is 1. The predicted molar refractivity (Wildman–Crippen MR) is 108 cm³/mol. The average molecular weight is 397 g/mol. The van der Waals surface area contributed by atoms with Crippen LogP contribution in [0, 0.1) is 11.8 Å². The van der Waals surface area contributed by atoms with Crippen LogP contribution >= 0.6 is 0 Å². The molecule has 3 rings (SSSR count). The number of rotatable bonds is 7. The maximum absolute atomic E-state index is 12.5. The number of unbranched alkanes of at least 4 members (excludes halogenated alkanes) is 1. The van der Waals surface area contributed by atoms with E-state index < -0.39 is 12.6 Å². The molecule has 1 nitrogen and oxygen atoms in total. The van der Waals surface area contributed by atoms with Crippen molar-refractivity contribution >= 4 is 0 Å². The Morgan fingerprint density at radius 2 is 1.43 bits per heavy atom. The van der Waals surface area contributed by atoms with Crippen molar-refractivity contribution in [1.29, 1.82) is 0 Å². The van der Waals surface area contributed by atoms with Crippen molar-refractivity contribution in [3.8, 4) is 0 Å². The molecule has 0 spiro atoms. The first kappa shape index (κ1) is 21.7. The standard InChI is InChI=1S/C24H35F3O/c1-2-3-16-28-23-14-12-22(13-15-23)21-10-8-20(9-11-21)19-6-4-18(5-7-19)17-24(25,26)27/h4-7,20-23H,2-3,8-17H2,1H3/t20-,21-,22-,23-. The lowest BCUT2D eigenvalue weighted by Crippen LogP contribution is -2.28. The first-order valence-electron chi connectivity index (χ1n) is 11.2. The molecular weight excluding hydrogens is 361 g/mol. The number of ether oxygens (including phenoxy) is 1. The van der Waals surface area contributed by atoms with Gasteiger partial charge in [-0.25, -0.2) is 0 Å². The Morgan fingerprint density at radius 3 is 1.96 bits per heavy atom. The van der Waals surface area contributed by atoms with Crippen molar-refractivity contribution in [1.82, 2.24) is 0 Å². The Kier molecular flexibility index (Phi) is 7.85. The van der Waals surface area contributed by atoms with Gasteiger partial charge in [0.25, 0.3) is 0 Å². The summed E-state index contributed by atoms with van der Waals surface area (Å²) in [6.45, 7) is 3.12. The molecule has 2 aliphatic rings. The summed E-state index contributed by atoms with van der Waals surface area (Å²) in [5.74, 6) is 2.20. The van der Waals surface area contributed by atoms with E-state index >= 15 is 0 Å². The van der Waals surface area contributed by atoms with E-state index in [9.17, 15) is 13.2 Å². The molecule has 1 aromatic rings. The molecule has 2 aliphatic carbocycles. The smallest absolute Gasteiger partial charge is 0.378 e. The van der Waals surface area contributed by atoms with Crippen molar-refractivity contribution in [3.63, 3.8) is 0 Å². The highest BCUT2D eigenvalue weighted by molar-refractivity contribution is 5.26. The molecule has 158 valence electrons. The van der Waals surface area contributed by atoms with Gasteiger partial charge in [-0.3, -0.25) is 0 Å². The van der Waals surface area contributed by atoms with E-state index in [0.29, 0.717) is 17.6 Å². The Labute approximate surface area is 168 Å². The highest BCUT2D eigenvalue weighted by Crippen LogP contribution is 2.43. The minimum absolute atomic E-state index is 0.364. The van der Waals surface area contributed by atoms with Gasteiger partial charge in [-0.2, -0.15) is 13.2 Å². The van der Waals surface area contributed by atoms with E-state index in [1.807, 2.05) is 12.1 Å². The SMILES string of the molecule is CCCCO[C@H]1CC[C@H]([C@H]2CC[C@H](c3ccc(CC(F)(F)F)cc3)CC2)CC1. The maximum Gasteiger partial charge on any atom is 0.393 e. The molecule has 0 bridgehead atoms. The third-order valence-electron chi connectivity index (χ3n) is 6.86. The monoisotopic (exact) mass is 396 g/mol. The van der Waals surface area contributed by atoms with Gasteiger partial charge in [0.1, 0.15) is 0 Å². The van der Waals surface area contributed by atoms with Crippen LogP contribution in [0.2, 0.25) is 0 Å². The lowest BCUT2D eigenvalue weighted by atomic mass is 9.69. The zero-order valence-electron chi connectivity index (χ0n) is 17.1. The summed E-state index contributed by atoms with van der Waals surface area (Å²) in [7, 11) is 0. The summed E-state index contributed by atoms with van der Waals surface area (Å²) in [5.41, 5.74) is 1.58. The van der Waals surface area contributed by atoms with Crippen LogP contribution in [0.15, 0.2) is 24.3 Å². The highest BCUT2D eigenvalue weighted by atomic mass is 19.4. The first-order chi connectivity index (χ1) is 13.4. The highest BCUT2D eigenvalue weighted by Gasteiger charge is 2.32. The Bertz CT molecular complexity index is 565. The van der Waals surface area contributed by atoms with Crippen LogP contribution in [-0.2, 0) is 11.2 Å². The number of hydrogen-bond donors (Lipinski definition) is 0. The fourth-order valence-electron chi connectivity index (χ4n) is 5.18. The van der Waals surface area contributed by atoms with Crippen molar-refractivity contribution in [2.45, 2.75) is 95.8 Å². The van der Waals surface area contributed by atoms with Gasteiger partial charge >= 0.3 is 6.18 Å². The normalized spacial score (nSPS) is 29.0. The van der Waals surface area contributed by atoms with Crippen LogP contribution in [0.1, 0.15) is 88.2 Å².